The van der Waals surface area contributed by atoms with Crippen molar-refractivity contribution in [2.75, 3.05) is 6.61 Å². The number of allylic oxidation sites excluding steroid dienone is 2. The van der Waals surface area contributed by atoms with Gasteiger partial charge in [-0.1, -0.05) is 11.6 Å². The van der Waals surface area contributed by atoms with Crippen LogP contribution in [-0.4, -0.2) is 62.8 Å². The number of rotatable bonds is 5. The fourth-order valence-corrected chi connectivity index (χ4v) is 2.44. The molecule has 7 nitrogen and oxygen atoms in total. The van der Waals surface area contributed by atoms with Crippen LogP contribution in [-0.2, 0) is 11.2 Å². The third kappa shape index (κ3) is 4.25. The van der Waals surface area contributed by atoms with Crippen LogP contribution < -0.4 is 4.74 Å². The SMILES string of the molecule is CC(C)=CCc1cc(O)ccc1OC1O[C@H](CO)[C@@H](O)[C@H](O)[C@H]1O. The zero-order chi connectivity index (χ0) is 17.9. The first-order valence-electron chi connectivity index (χ1n) is 7.76. The normalized spacial score (nSPS) is 30.0. The smallest absolute Gasteiger partial charge is 0.229 e. The molecule has 0 saturated carbocycles. The van der Waals surface area contributed by atoms with Crippen molar-refractivity contribution in [3.8, 4) is 11.5 Å². The van der Waals surface area contributed by atoms with E-state index in [1.807, 2.05) is 19.9 Å². The summed E-state index contributed by atoms with van der Waals surface area (Å²) in [6.45, 7) is 3.37. The lowest BCUT2D eigenvalue weighted by molar-refractivity contribution is -0.277. The molecule has 1 unspecified atom stereocenters. The van der Waals surface area contributed by atoms with Crippen molar-refractivity contribution in [3.63, 3.8) is 0 Å². The van der Waals surface area contributed by atoms with E-state index in [1.54, 1.807) is 6.07 Å². The van der Waals surface area contributed by atoms with Crippen LogP contribution >= 0.6 is 0 Å². The van der Waals surface area contributed by atoms with E-state index in [-0.39, 0.29) is 5.75 Å². The van der Waals surface area contributed by atoms with Crippen molar-refractivity contribution in [1.29, 1.82) is 0 Å². The largest absolute Gasteiger partial charge is 0.508 e. The molecule has 0 aliphatic carbocycles. The third-order valence-corrected chi connectivity index (χ3v) is 3.87. The van der Waals surface area contributed by atoms with E-state index in [1.165, 1.54) is 12.1 Å². The lowest BCUT2D eigenvalue weighted by Crippen LogP contribution is -2.60. The molecule has 0 amide bonds. The van der Waals surface area contributed by atoms with Gasteiger partial charge < -0.3 is 35.0 Å². The van der Waals surface area contributed by atoms with E-state index in [9.17, 15) is 25.5 Å². The topological polar surface area (TPSA) is 120 Å². The average molecular weight is 340 g/mol. The van der Waals surface area contributed by atoms with Gasteiger partial charge >= 0.3 is 0 Å². The van der Waals surface area contributed by atoms with Crippen LogP contribution in [0.4, 0.5) is 0 Å². The zero-order valence-corrected chi connectivity index (χ0v) is 13.7. The molecule has 5 atom stereocenters. The highest BCUT2D eigenvalue weighted by molar-refractivity contribution is 5.41. The van der Waals surface area contributed by atoms with Crippen LogP contribution in [0.15, 0.2) is 29.8 Å². The second-order valence-electron chi connectivity index (χ2n) is 6.09. The number of benzene rings is 1. The van der Waals surface area contributed by atoms with Gasteiger partial charge in [0.15, 0.2) is 0 Å². The Hall–Kier alpha value is -1.64. The van der Waals surface area contributed by atoms with Crippen molar-refractivity contribution >= 4 is 0 Å². The Labute approximate surface area is 140 Å². The van der Waals surface area contributed by atoms with E-state index in [0.29, 0.717) is 17.7 Å². The Kier molecular flexibility index (Phi) is 6.20. The molecule has 1 aliphatic rings. The molecule has 2 rings (SSSR count). The summed E-state index contributed by atoms with van der Waals surface area (Å²) in [6.07, 6.45) is -4.25. The highest BCUT2D eigenvalue weighted by atomic mass is 16.7. The molecule has 134 valence electrons. The molecule has 0 aromatic heterocycles. The predicted octanol–water partition coefficient (Wildman–Crippen LogP) is 0.0796. The lowest BCUT2D eigenvalue weighted by atomic mass is 9.99. The van der Waals surface area contributed by atoms with Crippen LogP contribution in [0.1, 0.15) is 19.4 Å². The van der Waals surface area contributed by atoms with Crippen LogP contribution in [0.2, 0.25) is 0 Å². The quantitative estimate of drug-likeness (QED) is 0.482. The Balaban J connectivity index is 2.21. The second-order valence-corrected chi connectivity index (χ2v) is 6.09. The van der Waals surface area contributed by atoms with Crippen molar-refractivity contribution in [1.82, 2.24) is 0 Å². The van der Waals surface area contributed by atoms with Crippen molar-refractivity contribution in [2.24, 2.45) is 0 Å². The van der Waals surface area contributed by atoms with Crippen LogP contribution in [0, 0.1) is 0 Å². The lowest BCUT2D eigenvalue weighted by Gasteiger charge is -2.39. The molecule has 5 N–H and O–H groups in total. The summed E-state index contributed by atoms with van der Waals surface area (Å²) in [5.74, 6) is 0.447. The second kappa shape index (κ2) is 7.96. The minimum atomic E-state index is -1.50. The summed E-state index contributed by atoms with van der Waals surface area (Å²) in [5.41, 5.74) is 1.77. The number of ether oxygens (including phenoxy) is 2. The number of aliphatic hydroxyl groups is 4. The molecule has 1 aliphatic heterocycles. The number of aromatic hydroxyl groups is 1. The first-order chi connectivity index (χ1) is 11.3. The molecule has 1 fully saturated rings. The zero-order valence-electron chi connectivity index (χ0n) is 13.7. The predicted molar refractivity (Wildman–Crippen MR) is 85.6 cm³/mol. The van der Waals surface area contributed by atoms with Gasteiger partial charge in [0.1, 0.15) is 35.9 Å². The summed E-state index contributed by atoms with van der Waals surface area (Å²) in [6, 6.07) is 4.51. The fraction of sp³-hybridized carbons (Fsp3) is 0.529. The molecular formula is C17H24O7. The Morgan fingerprint density at radius 1 is 1.17 bits per heavy atom. The average Bonchev–Trinajstić information content (AvgIpc) is 2.55. The number of hydrogen-bond acceptors (Lipinski definition) is 7. The minimum absolute atomic E-state index is 0.0771. The number of phenolic OH excluding ortho intramolecular Hbond substituents is 1. The van der Waals surface area contributed by atoms with Gasteiger partial charge in [-0.05, 0) is 38.5 Å². The van der Waals surface area contributed by atoms with Gasteiger partial charge in [0, 0.05) is 5.56 Å². The molecule has 24 heavy (non-hydrogen) atoms. The molecular weight excluding hydrogens is 316 g/mol. The molecule has 0 bridgehead atoms. The molecule has 1 heterocycles. The highest BCUT2D eigenvalue weighted by Crippen LogP contribution is 2.29. The van der Waals surface area contributed by atoms with Crippen molar-refractivity contribution in [3.05, 3.63) is 35.4 Å². The van der Waals surface area contributed by atoms with E-state index in [4.69, 9.17) is 9.47 Å². The standard InChI is InChI=1S/C17H24O7/c1-9(2)3-4-10-7-11(19)5-6-12(10)23-17-16(22)15(21)14(20)13(8-18)24-17/h3,5-7,13-22H,4,8H2,1-2H3/t13-,14-,15+,16-,17?/m1/s1. The Morgan fingerprint density at radius 3 is 2.50 bits per heavy atom. The molecule has 0 radical (unpaired) electrons. The summed E-state index contributed by atoms with van der Waals surface area (Å²) in [7, 11) is 0. The fourth-order valence-electron chi connectivity index (χ4n) is 2.44. The van der Waals surface area contributed by atoms with E-state index in [2.05, 4.69) is 0 Å². The van der Waals surface area contributed by atoms with Gasteiger partial charge in [-0.25, -0.2) is 0 Å². The molecule has 1 saturated heterocycles. The van der Waals surface area contributed by atoms with Gasteiger partial charge in [-0.15, -0.1) is 0 Å². The van der Waals surface area contributed by atoms with Crippen molar-refractivity contribution < 1.29 is 35.0 Å². The van der Waals surface area contributed by atoms with Crippen LogP contribution in [0.3, 0.4) is 0 Å². The minimum Gasteiger partial charge on any atom is -0.508 e. The summed E-state index contributed by atoms with van der Waals surface area (Å²) >= 11 is 0. The number of phenols is 1. The van der Waals surface area contributed by atoms with E-state index < -0.39 is 37.3 Å². The molecule has 0 spiro atoms. The van der Waals surface area contributed by atoms with Gasteiger partial charge in [0.05, 0.1) is 6.61 Å². The monoisotopic (exact) mass is 340 g/mol. The third-order valence-electron chi connectivity index (χ3n) is 3.87. The molecule has 1 aromatic rings. The van der Waals surface area contributed by atoms with Crippen molar-refractivity contribution in [2.45, 2.75) is 51.0 Å². The van der Waals surface area contributed by atoms with Crippen LogP contribution in [0.5, 0.6) is 11.5 Å². The molecule has 7 heteroatoms. The highest BCUT2D eigenvalue weighted by Gasteiger charge is 2.44. The summed E-state index contributed by atoms with van der Waals surface area (Å²) in [5, 5.41) is 48.5. The maximum atomic E-state index is 10.0. The summed E-state index contributed by atoms with van der Waals surface area (Å²) in [4.78, 5) is 0. The number of hydrogen-bond donors (Lipinski definition) is 5. The van der Waals surface area contributed by atoms with E-state index >= 15 is 0 Å². The van der Waals surface area contributed by atoms with Gasteiger partial charge in [0.25, 0.3) is 0 Å². The Morgan fingerprint density at radius 2 is 1.88 bits per heavy atom. The van der Waals surface area contributed by atoms with E-state index in [0.717, 1.165) is 5.57 Å². The maximum absolute atomic E-state index is 10.0. The maximum Gasteiger partial charge on any atom is 0.229 e. The van der Waals surface area contributed by atoms with Gasteiger partial charge in [0.2, 0.25) is 6.29 Å². The summed E-state index contributed by atoms with van der Waals surface area (Å²) < 4.78 is 11.0. The Bertz CT molecular complexity index is 580. The number of aliphatic hydroxyl groups excluding tert-OH is 4. The van der Waals surface area contributed by atoms with Gasteiger partial charge in [-0.3, -0.25) is 0 Å². The molecule has 1 aromatic carbocycles. The van der Waals surface area contributed by atoms with Gasteiger partial charge in [-0.2, -0.15) is 0 Å². The van der Waals surface area contributed by atoms with Crippen LogP contribution in [0.25, 0.3) is 0 Å². The first-order valence-corrected chi connectivity index (χ1v) is 7.76. The first kappa shape index (κ1) is 18.7.